The van der Waals surface area contributed by atoms with Crippen molar-refractivity contribution in [2.24, 2.45) is 0 Å². The second kappa shape index (κ2) is 6.21. The fraction of sp³-hybridized carbons (Fsp3) is 0.583. The van der Waals surface area contributed by atoms with Gasteiger partial charge >= 0.3 is 0 Å². The number of nitrogens with one attached hydrogen (secondary N) is 2. The number of carbonyl (C=O) groups excluding carboxylic acids is 2. The first kappa shape index (κ1) is 15.0. The van der Waals surface area contributed by atoms with E-state index in [2.05, 4.69) is 15.7 Å². The maximum atomic E-state index is 11.5. The summed E-state index contributed by atoms with van der Waals surface area (Å²) < 4.78 is 1.44. The highest BCUT2D eigenvalue weighted by Gasteiger charge is 2.13. The van der Waals surface area contributed by atoms with E-state index in [1.165, 1.54) is 10.9 Å². The van der Waals surface area contributed by atoms with Crippen LogP contribution in [0.5, 0.6) is 0 Å². The van der Waals surface area contributed by atoms with E-state index in [-0.39, 0.29) is 30.3 Å². The van der Waals surface area contributed by atoms with Crippen LogP contribution < -0.4 is 16.4 Å². The minimum absolute atomic E-state index is 0.0869. The Morgan fingerprint density at radius 3 is 2.58 bits per heavy atom. The zero-order valence-electron chi connectivity index (χ0n) is 11.6. The van der Waals surface area contributed by atoms with E-state index >= 15 is 0 Å². The van der Waals surface area contributed by atoms with Crippen LogP contribution in [0.4, 0.5) is 5.69 Å². The highest BCUT2D eigenvalue weighted by atomic mass is 16.2. The van der Waals surface area contributed by atoms with Gasteiger partial charge in [-0.25, -0.2) is 0 Å². The van der Waals surface area contributed by atoms with Crippen LogP contribution in [0.25, 0.3) is 0 Å². The molecule has 0 aliphatic carbocycles. The van der Waals surface area contributed by atoms with Crippen molar-refractivity contribution in [3.8, 4) is 0 Å². The largest absolute Gasteiger partial charge is 0.396 e. The number of hydrogen-bond acceptors (Lipinski definition) is 4. The van der Waals surface area contributed by atoms with E-state index in [0.717, 1.165) is 0 Å². The number of nitrogens with zero attached hydrogens (tertiary/aromatic N) is 2. The van der Waals surface area contributed by atoms with Crippen LogP contribution in [0.3, 0.4) is 0 Å². The molecule has 0 atom stereocenters. The molecule has 0 bridgehead atoms. The van der Waals surface area contributed by atoms with Gasteiger partial charge in [0.1, 0.15) is 6.54 Å². The summed E-state index contributed by atoms with van der Waals surface area (Å²) in [6.45, 7) is 6.12. The summed E-state index contributed by atoms with van der Waals surface area (Å²) in [6, 6.07) is 0. The number of hydrogen-bond donors (Lipinski definition) is 3. The van der Waals surface area contributed by atoms with Crippen LogP contribution in [-0.2, 0) is 16.1 Å². The summed E-state index contributed by atoms with van der Waals surface area (Å²) in [4.78, 5) is 23.0. The van der Waals surface area contributed by atoms with Crippen molar-refractivity contribution in [3.63, 3.8) is 0 Å². The Hall–Kier alpha value is -2.05. The molecule has 0 spiro atoms. The highest BCUT2D eigenvalue weighted by molar-refractivity contribution is 5.79. The summed E-state index contributed by atoms with van der Waals surface area (Å²) >= 11 is 0. The molecule has 1 heterocycles. The topological polar surface area (TPSA) is 102 Å². The van der Waals surface area contributed by atoms with E-state index in [1.54, 1.807) is 6.20 Å². The van der Waals surface area contributed by atoms with Crippen molar-refractivity contribution in [1.82, 2.24) is 20.4 Å². The summed E-state index contributed by atoms with van der Waals surface area (Å²) in [5.41, 5.74) is 5.74. The lowest BCUT2D eigenvalue weighted by Crippen LogP contribution is -2.42. The molecule has 1 aromatic rings. The molecular weight excluding hydrogens is 246 g/mol. The molecule has 0 aliphatic rings. The van der Waals surface area contributed by atoms with E-state index < -0.39 is 0 Å². The second-order valence-electron chi connectivity index (χ2n) is 5.37. The van der Waals surface area contributed by atoms with Gasteiger partial charge in [-0.2, -0.15) is 5.10 Å². The molecule has 0 unspecified atom stereocenters. The van der Waals surface area contributed by atoms with Crippen molar-refractivity contribution in [1.29, 1.82) is 0 Å². The number of rotatable bonds is 5. The third-order valence-corrected chi connectivity index (χ3v) is 2.15. The lowest BCUT2D eigenvalue weighted by atomic mass is 10.1. The molecule has 2 amide bonds. The molecule has 4 N–H and O–H groups in total. The molecule has 0 saturated heterocycles. The molecule has 1 aromatic heterocycles. The van der Waals surface area contributed by atoms with Gasteiger partial charge in [-0.3, -0.25) is 14.3 Å². The molecule has 0 radical (unpaired) electrons. The summed E-state index contributed by atoms with van der Waals surface area (Å²) in [5.74, 6) is -0.289. The van der Waals surface area contributed by atoms with Gasteiger partial charge in [0.15, 0.2) is 0 Å². The Bertz CT molecular complexity index is 447. The van der Waals surface area contributed by atoms with E-state index in [9.17, 15) is 9.59 Å². The fourth-order valence-corrected chi connectivity index (χ4v) is 1.47. The van der Waals surface area contributed by atoms with E-state index in [1.807, 2.05) is 20.8 Å². The lowest BCUT2D eigenvalue weighted by Gasteiger charge is -2.20. The van der Waals surface area contributed by atoms with Crippen LogP contribution in [0, 0.1) is 0 Å². The van der Waals surface area contributed by atoms with Crippen LogP contribution in [0.2, 0.25) is 0 Å². The smallest absolute Gasteiger partial charge is 0.241 e. The number of nitrogen functional groups attached to an aromatic ring is 1. The van der Waals surface area contributed by atoms with Gasteiger partial charge in [0.25, 0.3) is 0 Å². The second-order valence-corrected chi connectivity index (χ2v) is 5.37. The zero-order valence-corrected chi connectivity index (χ0v) is 11.6. The Labute approximate surface area is 112 Å². The molecule has 19 heavy (non-hydrogen) atoms. The van der Waals surface area contributed by atoms with Crippen LogP contribution >= 0.6 is 0 Å². The Kier molecular flexibility index (Phi) is 4.91. The molecule has 0 saturated carbocycles. The zero-order chi connectivity index (χ0) is 14.5. The average Bonchev–Trinajstić information content (AvgIpc) is 2.61. The monoisotopic (exact) mass is 267 g/mol. The van der Waals surface area contributed by atoms with E-state index in [0.29, 0.717) is 12.2 Å². The standard InChI is InChI=1S/C12H21N5O2/c1-12(2,3)16-10(18)4-5-14-11(19)8-17-7-9(13)6-15-17/h6-7H,4-5,8,13H2,1-3H3,(H,14,19)(H,16,18). The first-order valence-electron chi connectivity index (χ1n) is 6.12. The minimum Gasteiger partial charge on any atom is -0.396 e. The van der Waals surface area contributed by atoms with Gasteiger partial charge in [-0.05, 0) is 20.8 Å². The predicted octanol–water partition coefficient (Wildman–Crippen LogP) is -0.114. The SMILES string of the molecule is CC(C)(C)NC(=O)CCNC(=O)Cn1cc(N)cn1. The predicted molar refractivity (Wildman–Crippen MR) is 72.2 cm³/mol. The molecule has 106 valence electrons. The normalized spacial score (nSPS) is 11.1. The Balaban J connectivity index is 2.22. The average molecular weight is 267 g/mol. The molecule has 0 aliphatic heterocycles. The lowest BCUT2D eigenvalue weighted by molar-refractivity contribution is -0.123. The number of aromatic nitrogens is 2. The van der Waals surface area contributed by atoms with Crippen molar-refractivity contribution in [2.45, 2.75) is 39.3 Å². The van der Waals surface area contributed by atoms with Crippen molar-refractivity contribution >= 4 is 17.5 Å². The maximum Gasteiger partial charge on any atom is 0.241 e. The van der Waals surface area contributed by atoms with Gasteiger partial charge in [-0.1, -0.05) is 0 Å². The Morgan fingerprint density at radius 1 is 1.37 bits per heavy atom. The fourth-order valence-electron chi connectivity index (χ4n) is 1.47. The number of anilines is 1. The highest BCUT2D eigenvalue weighted by Crippen LogP contribution is 1.99. The quantitative estimate of drug-likeness (QED) is 0.692. The third kappa shape index (κ3) is 6.44. The van der Waals surface area contributed by atoms with Gasteiger partial charge in [-0.15, -0.1) is 0 Å². The molecule has 7 heteroatoms. The van der Waals surface area contributed by atoms with Crippen molar-refractivity contribution < 1.29 is 9.59 Å². The van der Waals surface area contributed by atoms with Crippen LogP contribution in [0.1, 0.15) is 27.2 Å². The number of amides is 2. The van der Waals surface area contributed by atoms with Crippen LogP contribution in [-0.4, -0.2) is 33.7 Å². The number of carbonyl (C=O) groups is 2. The Morgan fingerprint density at radius 2 is 2.05 bits per heavy atom. The minimum atomic E-state index is -0.256. The maximum absolute atomic E-state index is 11.5. The van der Waals surface area contributed by atoms with E-state index in [4.69, 9.17) is 5.73 Å². The van der Waals surface area contributed by atoms with Gasteiger partial charge < -0.3 is 16.4 Å². The van der Waals surface area contributed by atoms with Crippen LogP contribution in [0.15, 0.2) is 12.4 Å². The van der Waals surface area contributed by atoms with Gasteiger partial charge in [0, 0.05) is 24.7 Å². The van der Waals surface area contributed by atoms with Crippen molar-refractivity contribution in [3.05, 3.63) is 12.4 Å². The van der Waals surface area contributed by atoms with Crippen molar-refractivity contribution in [2.75, 3.05) is 12.3 Å². The first-order valence-corrected chi connectivity index (χ1v) is 6.12. The molecule has 1 rings (SSSR count). The summed E-state index contributed by atoms with van der Waals surface area (Å²) in [6.07, 6.45) is 3.31. The molecule has 0 fully saturated rings. The van der Waals surface area contributed by atoms with Gasteiger partial charge in [0.05, 0.1) is 11.9 Å². The molecule has 0 aromatic carbocycles. The first-order chi connectivity index (χ1) is 8.76. The summed E-state index contributed by atoms with van der Waals surface area (Å²) in [7, 11) is 0. The number of nitrogens with two attached hydrogens (primary N) is 1. The third-order valence-electron chi connectivity index (χ3n) is 2.15. The summed E-state index contributed by atoms with van der Waals surface area (Å²) in [5, 5.41) is 9.38. The molecule has 7 nitrogen and oxygen atoms in total. The molecular formula is C12H21N5O2. The van der Waals surface area contributed by atoms with Gasteiger partial charge in [0.2, 0.25) is 11.8 Å².